The maximum Gasteiger partial charge on any atom is 0.341 e. The number of esters is 1. The second-order valence-corrected chi connectivity index (χ2v) is 11.8. The third kappa shape index (κ3) is 7.08. The number of rotatable bonds is 11. The molecule has 1 amide bonds. The highest BCUT2D eigenvalue weighted by molar-refractivity contribution is 7.99. The van der Waals surface area contributed by atoms with Crippen LogP contribution in [0.4, 0.5) is 5.00 Å². The molecule has 0 aliphatic heterocycles. The number of carbonyl (C=O) groups is 2. The predicted molar refractivity (Wildman–Crippen MR) is 167 cm³/mol. The lowest BCUT2D eigenvalue weighted by molar-refractivity contribution is -0.113. The highest BCUT2D eigenvalue weighted by atomic mass is 32.2. The van der Waals surface area contributed by atoms with Gasteiger partial charge in [0.15, 0.2) is 5.16 Å². The van der Waals surface area contributed by atoms with Crippen LogP contribution in [0, 0.1) is 6.92 Å². The lowest BCUT2D eigenvalue weighted by Crippen LogP contribution is -2.17. The van der Waals surface area contributed by atoms with Crippen molar-refractivity contribution < 1.29 is 14.3 Å². The van der Waals surface area contributed by atoms with E-state index in [4.69, 9.17) is 4.74 Å². The van der Waals surface area contributed by atoms with Crippen LogP contribution in [0.2, 0.25) is 0 Å². The van der Waals surface area contributed by atoms with Gasteiger partial charge in [0.1, 0.15) is 16.4 Å². The molecule has 10 heteroatoms. The van der Waals surface area contributed by atoms with E-state index in [1.54, 1.807) is 18.7 Å². The smallest absolute Gasteiger partial charge is 0.341 e. The van der Waals surface area contributed by atoms with Crippen molar-refractivity contribution in [2.24, 2.45) is 0 Å². The second kappa shape index (κ2) is 13.7. The molecule has 208 valence electrons. The van der Waals surface area contributed by atoms with Crippen molar-refractivity contribution in [1.29, 1.82) is 0 Å². The largest absolute Gasteiger partial charge is 0.462 e. The maximum atomic E-state index is 13.1. The minimum atomic E-state index is -0.461. The van der Waals surface area contributed by atoms with Gasteiger partial charge >= 0.3 is 5.97 Å². The fourth-order valence-corrected chi connectivity index (χ4v) is 6.66. The minimum absolute atomic E-state index is 0.0941. The van der Waals surface area contributed by atoms with Gasteiger partial charge in [-0.05, 0) is 43.7 Å². The highest BCUT2D eigenvalue weighted by Crippen LogP contribution is 2.37. The second-order valence-electron chi connectivity index (χ2n) is 8.95. The number of amides is 1. The van der Waals surface area contributed by atoms with E-state index >= 15 is 0 Å². The number of ether oxygens (including phenoxy) is 1. The summed E-state index contributed by atoms with van der Waals surface area (Å²) in [6.07, 6.45) is 0. The number of nitrogens with one attached hydrogen (secondary N) is 1. The molecule has 0 saturated heterocycles. The van der Waals surface area contributed by atoms with Gasteiger partial charge in [-0.15, -0.1) is 33.3 Å². The van der Waals surface area contributed by atoms with E-state index in [1.807, 2.05) is 89.7 Å². The van der Waals surface area contributed by atoms with Crippen LogP contribution in [-0.4, -0.2) is 39.0 Å². The average molecular weight is 601 g/mol. The molecule has 41 heavy (non-hydrogen) atoms. The zero-order valence-corrected chi connectivity index (χ0v) is 25.0. The molecule has 0 saturated carbocycles. The number of hydrogen-bond donors (Lipinski definition) is 1. The lowest BCUT2D eigenvalue weighted by atomic mass is 10.0. The van der Waals surface area contributed by atoms with Crippen LogP contribution in [0.1, 0.15) is 28.7 Å². The number of thiophene rings is 1. The Hall–Kier alpha value is -3.86. The van der Waals surface area contributed by atoms with Gasteiger partial charge in [0, 0.05) is 21.5 Å². The Morgan fingerprint density at radius 2 is 1.63 bits per heavy atom. The molecule has 2 heterocycles. The monoisotopic (exact) mass is 600 g/mol. The van der Waals surface area contributed by atoms with E-state index in [-0.39, 0.29) is 18.3 Å². The summed E-state index contributed by atoms with van der Waals surface area (Å²) in [4.78, 5) is 27.2. The van der Waals surface area contributed by atoms with Crippen LogP contribution in [0.5, 0.6) is 0 Å². The van der Waals surface area contributed by atoms with Gasteiger partial charge < -0.3 is 10.1 Å². The minimum Gasteiger partial charge on any atom is -0.462 e. The number of anilines is 1. The van der Waals surface area contributed by atoms with Crippen molar-refractivity contribution in [3.8, 4) is 16.8 Å². The Bertz CT molecular complexity index is 1620. The molecule has 3 aromatic carbocycles. The summed E-state index contributed by atoms with van der Waals surface area (Å²) < 4.78 is 7.32. The number of thioether (sulfide) groups is 2. The van der Waals surface area contributed by atoms with Crippen LogP contribution in [0.25, 0.3) is 16.8 Å². The first-order valence-corrected chi connectivity index (χ1v) is 15.8. The molecule has 0 bridgehead atoms. The topological polar surface area (TPSA) is 86.1 Å². The molecule has 5 rings (SSSR count). The van der Waals surface area contributed by atoms with E-state index in [1.165, 1.54) is 23.1 Å². The van der Waals surface area contributed by atoms with Gasteiger partial charge in [-0.2, -0.15) is 0 Å². The molecule has 0 radical (unpaired) electrons. The molecular weight excluding hydrogens is 573 g/mol. The molecule has 0 fully saturated rings. The Morgan fingerprint density at radius 1 is 0.927 bits per heavy atom. The maximum absolute atomic E-state index is 13.1. The van der Waals surface area contributed by atoms with Crippen molar-refractivity contribution in [2.45, 2.75) is 29.7 Å². The van der Waals surface area contributed by atoms with Crippen molar-refractivity contribution in [3.63, 3.8) is 0 Å². The van der Waals surface area contributed by atoms with Gasteiger partial charge in [0.25, 0.3) is 0 Å². The number of hydrogen-bond acceptors (Lipinski definition) is 8. The summed E-state index contributed by atoms with van der Waals surface area (Å²) in [6.45, 7) is 4.02. The summed E-state index contributed by atoms with van der Waals surface area (Å²) in [5.41, 5.74) is 4.04. The molecule has 0 atom stereocenters. The SMILES string of the molecule is CCOC(=O)c1c(-c2ccc(C)cc2)csc1NC(=O)CSc1nnc(CSc2ccccc2)n1-c1ccccc1. The number of carbonyl (C=O) groups excluding carboxylic acids is 2. The summed E-state index contributed by atoms with van der Waals surface area (Å²) in [6, 6.07) is 27.9. The Morgan fingerprint density at radius 3 is 2.34 bits per heavy atom. The number of nitrogens with zero attached hydrogens (tertiary/aromatic N) is 3. The van der Waals surface area contributed by atoms with Gasteiger partial charge in [0.05, 0.1) is 18.1 Å². The highest BCUT2D eigenvalue weighted by Gasteiger charge is 2.23. The molecule has 0 unspecified atom stereocenters. The quantitative estimate of drug-likeness (QED) is 0.124. The van der Waals surface area contributed by atoms with Crippen LogP contribution < -0.4 is 5.32 Å². The first kappa shape index (κ1) is 28.7. The Balaban J connectivity index is 1.33. The number of benzene rings is 3. The number of aromatic nitrogens is 3. The third-order valence-corrected chi connectivity index (χ3v) is 8.88. The van der Waals surface area contributed by atoms with Crippen molar-refractivity contribution >= 4 is 51.7 Å². The van der Waals surface area contributed by atoms with Crippen LogP contribution >= 0.6 is 34.9 Å². The van der Waals surface area contributed by atoms with E-state index in [0.29, 0.717) is 21.5 Å². The molecule has 1 N–H and O–H groups in total. The Labute approximate surface area is 251 Å². The van der Waals surface area contributed by atoms with Crippen LogP contribution in [0.3, 0.4) is 0 Å². The first-order chi connectivity index (χ1) is 20.0. The zero-order valence-electron chi connectivity index (χ0n) is 22.6. The molecule has 2 aromatic heterocycles. The Kier molecular flexibility index (Phi) is 9.55. The zero-order chi connectivity index (χ0) is 28.6. The number of aryl methyl sites for hydroxylation is 1. The molecule has 0 aliphatic rings. The summed E-state index contributed by atoms with van der Waals surface area (Å²) in [7, 11) is 0. The lowest BCUT2D eigenvalue weighted by Gasteiger charge is -2.11. The van der Waals surface area contributed by atoms with Gasteiger partial charge in [0.2, 0.25) is 5.91 Å². The summed E-state index contributed by atoms with van der Waals surface area (Å²) in [5.74, 6) is 0.797. The third-order valence-electron chi connectivity index (χ3n) is 6.04. The fraction of sp³-hybridized carbons (Fsp3) is 0.161. The van der Waals surface area contributed by atoms with Gasteiger partial charge in [-0.1, -0.05) is 78.0 Å². The van der Waals surface area contributed by atoms with E-state index in [9.17, 15) is 9.59 Å². The van der Waals surface area contributed by atoms with Gasteiger partial charge in [-0.3, -0.25) is 9.36 Å². The van der Waals surface area contributed by atoms with E-state index in [0.717, 1.165) is 33.1 Å². The average Bonchev–Trinajstić information content (AvgIpc) is 3.60. The summed E-state index contributed by atoms with van der Waals surface area (Å²) >= 11 is 4.28. The van der Waals surface area contributed by atoms with Gasteiger partial charge in [-0.25, -0.2) is 4.79 Å². The van der Waals surface area contributed by atoms with Crippen molar-refractivity contribution in [2.75, 3.05) is 17.7 Å². The molecular formula is C31H28N4O3S3. The predicted octanol–water partition coefficient (Wildman–Crippen LogP) is 7.50. The molecule has 0 aliphatic carbocycles. The number of para-hydroxylation sites is 1. The molecule has 0 spiro atoms. The fourth-order valence-electron chi connectivity index (χ4n) is 4.08. The normalized spacial score (nSPS) is 10.9. The summed E-state index contributed by atoms with van der Waals surface area (Å²) in [5, 5.41) is 14.8. The van der Waals surface area contributed by atoms with Crippen molar-refractivity contribution in [3.05, 3.63) is 107 Å². The molecule has 5 aromatic rings. The van der Waals surface area contributed by atoms with E-state index < -0.39 is 5.97 Å². The van der Waals surface area contributed by atoms with E-state index in [2.05, 4.69) is 27.6 Å². The van der Waals surface area contributed by atoms with Crippen LogP contribution in [0.15, 0.2) is 100 Å². The standard InChI is InChI=1S/C31H28N4O3S3/c1-3-38-30(37)28-25(22-16-14-21(2)15-17-22)18-40-29(28)32-27(36)20-41-31-34-33-26(19-39-24-12-8-5-9-13-24)35(31)23-10-6-4-7-11-23/h4-18H,3,19-20H2,1-2H3,(H,32,36). The van der Waals surface area contributed by atoms with Crippen LogP contribution in [-0.2, 0) is 15.3 Å². The first-order valence-electron chi connectivity index (χ1n) is 13.0. The van der Waals surface area contributed by atoms with Crippen molar-refractivity contribution in [1.82, 2.24) is 14.8 Å². The molecule has 7 nitrogen and oxygen atoms in total.